The van der Waals surface area contributed by atoms with Crippen LogP contribution in [0.3, 0.4) is 0 Å². The molecule has 12 heteroatoms. The van der Waals surface area contributed by atoms with Crippen LogP contribution in [-0.2, 0) is 31.4 Å². The number of allylic oxidation sites excluding steroid dienone is 3. The van der Waals surface area contributed by atoms with Crippen LogP contribution in [-0.4, -0.2) is 42.8 Å². The molecule has 1 aromatic carbocycles. The predicted molar refractivity (Wildman–Crippen MR) is 140 cm³/mol. The Kier molecular flexibility index (Phi) is 9.03. The normalized spacial score (nSPS) is 24.2. The first-order valence-electron chi connectivity index (χ1n) is 13.7. The first-order valence-corrected chi connectivity index (χ1v) is 13.7. The van der Waals surface area contributed by atoms with Gasteiger partial charge in [-0.25, -0.2) is 4.79 Å². The van der Waals surface area contributed by atoms with Gasteiger partial charge in [0.2, 0.25) is 0 Å². The molecule has 1 amide bonds. The molecule has 1 saturated heterocycles. The van der Waals surface area contributed by atoms with E-state index in [0.717, 1.165) is 29.6 Å². The first-order chi connectivity index (χ1) is 19.6. The SMILES string of the molecule is COC1=C(C2=C(CN3C(=O)O[C@H](c4cc(C(F)(F)F)cc(C(F)(F)F)c4)[C@@H]3C)CCCC2)CC(C(C)OC(C)=O)C=C1. The summed E-state index contributed by atoms with van der Waals surface area (Å²) in [5.74, 6) is 0.146. The molecule has 1 heterocycles. The minimum absolute atomic E-state index is 0.0527. The molecule has 0 radical (unpaired) electrons. The molecule has 0 aromatic heterocycles. The van der Waals surface area contributed by atoms with Crippen molar-refractivity contribution in [2.45, 2.75) is 83.5 Å². The number of methoxy groups -OCH3 is 1. The quantitative estimate of drug-likeness (QED) is 0.235. The molecule has 0 bridgehead atoms. The Bertz CT molecular complexity index is 1280. The van der Waals surface area contributed by atoms with Crippen LogP contribution in [0.2, 0.25) is 0 Å². The van der Waals surface area contributed by atoms with E-state index >= 15 is 0 Å². The lowest BCUT2D eigenvalue weighted by atomic mass is 9.79. The van der Waals surface area contributed by atoms with E-state index in [0.29, 0.717) is 37.2 Å². The number of amides is 1. The molecule has 3 aliphatic rings. The summed E-state index contributed by atoms with van der Waals surface area (Å²) in [5, 5.41) is 0. The Morgan fingerprint density at radius 1 is 1.05 bits per heavy atom. The second kappa shape index (κ2) is 12.0. The van der Waals surface area contributed by atoms with Gasteiger partial charge in [0.15, 0.2) is 0 Å². The summed E-state index contributed by atoms with van der Waals surface area (Å²) < 4.78 is 97.2. The summed E-state index contributed by atoms with van der Waals surface area (Å²) in [4.78, 5) is 25.9. The molecule has 2 aliphatic carbocycles. The molecule has 2 unspecified atom stereocenters. The highest BCUT2D eigenvalue weighted by Gasteiger charge is 2.44. The van der Waals surface area contributed by atoms with Crippen molar-refractivity contribution in [2.24, 2.45) is 5.92 Å². The Morgan fingerprint density at radius 3 is 2.24 bits per heavy atom. The van der Waals surface area contributed by atoms with Gasteiger partial charge in [-0.3, -0.25) is 9.69 Å². The Labute approximate surface area is 240 Å². The largest absolute Gasteiger partial charge is 0.496 e. The van der Waals surface area contributed by atoms with Crippen molar-refractivity contribution in [1.82, 2.24) is 4.90 Å². The van der Waals surface area contributed by atoms with Crippen molar-refractivity contribution in [3.8, 4) is 0 Å². The number of alkyl halides is 6. The van der Waals surface area contributed by atoms with E-state index in [9.17, 15) is 35.9 Å². The van der Waals surface area contributed by atoms with Crippen LogP contribution in [0.25, 0.3) is 0 Å². The molecule has 6 nitrogen and oxygen atoms in total. The minimum Gasteiger partial charge on any atom is -0.496 e. The summed E-state index contributed by atoms with van der Waals surface area (Å²) in [6.45, 7) is 4.80. The van der Waals surface area contributed by atoms with Crippen molar-refractivity contribution in [2.75, 3.05) is 13.7 Å². The number of carbonyl (C=O) groups is 2. The molecule has 42 heavy (non-hydrogen) atoms. The number of halogens is 6. The Balaban J connectivity index is 1.65. The van der Waals surface area contributed by atoms with Crippen LogP contribution < -0.4 is 0 Å². The van der Waals surface area contributed by atoms with Gasteiger partial charge in [0, 0.05) is 19.4 Å². The molecule has 1 aliphatic heterocycles. The number of carbonyl (C=O) groups excluding carboxylic acids is 2. The maximum atomic E-state index is 13.5. The summed E-state index contributed by atoms with van der Waals surface area (Å²) in [7, 11) is 1.55. The monoisotopic (exact) mass is 601 g/mol. The van der Waals surface area contributed by atoms with E-state index in [-0.39, 0.29) is 30.2 Å². The van der Waals surface area contributed by atoms with Crippen molar-refractivity contribution in [1.29, 1.82) is 0 Å². The average Bonchev–Trinajstić information content (AvgIpc) is 3.20. The number of nitrogens with zero attached hydrogens (tertiary/aromatic N) is 1. The number of ether oxygens (including phenoxy) is 3. The third-order valence-electron chi connectivity index (χ3n) is 8.04. The molecule has 0 saturated carbocycles. The molecule has 0 N–H and O–H groups in total. The average molecular weight is 602 g/mol. The first kappa shape index (κ1) is 31.5. The van der Waals surface area contributed by atoms with Crippen molar-refractivity contribution in [3.05, 3.63) is 69.5 Å². The standard InChI is InChI=1S/C30H33F6NO5/c1-16-27(21-11-22(29(31,32)33)14-23(12-21)30(34,35)36)42-28(39)37(16)15-20-7-5-6-8-24(20)25-13-19(9-10-26(25)40-4)17(2)41-18(3)38/h9-12,14,16-17,19,27H,5-8,13,15H2,1-4H3/t16-,17?,19?,27-/m0/s1. The van der Waals surface area contributed by atoms with Gasteiger partial charge in [0.1, 0.15) is 18.0 Å². The van der Waals surface area contributed by atoms with Crippen LogP contribution >= 0.6 is 0 Å². The number of cyclic esters (lactones) is 1. The van der Waals surface area contributed by atoms with Crippen LogP contribution in [0.4, 0.5) is 31.1 Å². The minimum atomic E-state index is -5.02. The Hall–Kier alpha value is -3.44. The third kappa shape index (κ3) is 6.78. The van der Waals surface area contributed by atoms with Gasteiger partial charge >= 0.3 is 24.4 Å². The highest BCUT2D eigenvalue weighted by atomic mass is 19.4. The fourth-order valence-corrected chi connectivity index (χ4v) is 5.87. The van der Waals surface area contributed by atoms with Crippen LogP contribution in [0, 0.1) is 5.92 Å². The molecule has 1 fully saturated rings. The number of benzene rings is 1. The maximum absolute atomic E-state index is 13.5. The zero-order valence-corrected chi connectivity index (χ0v) is 23.7. The van der Waals surface area contributed by atoms with Crippen LogP contribution in [0.1, 0.15) is 75.7 Å². The molecule has 230 valence electrons. The number of hydrogen-bond acceptors (Lipinski definition) is 5. The van der Waals surface area contributed by atoms with Gasteiger partial charge in [0.05, 0.1) is 24.3 Å². The van der Waals surface area contributed by atoms with Gasteiger partial charge < -0.3 is 14.2 Å². The second-order valence-corrected chi connectivity index (χ2v) is 10.9. The molecule has 1 aromatic rings. The van der Waals surface area contributed by atoms with E-state index in [2.05, 4.69) is 0 Å². The highest BCUT2D eigenvalue weighted by molar-refractivity contribution is 5.71. The molecular formula is C30H33F6NO5. The second-order valence-electron chi connectivity index (χ2n) is 10.9. The van der Waals surface area contributed by atoms with Gasteiger partial charge in [-0.1, -0.05) is 6.08 Å². The summed E-state index contributed by atoms with van der Waals surface area (Å²) in [5.41, 5.74) is -0.471. The maximum Gasteiger partial charge on any atom is 0.416 e. The lowest BCUT2D eigenvalue weighted by Gasteiger charge is -2.32. The van der Waals surface area contributed by atoms with Crippen LogP contribution in [0.5, 0.6) is 0 Å². The summed E-state index contributed by atoms with van der Waals surface area (Å²) in [6, 6.07) is 0.424. The zero-order chi connectivity index (χ0) is 31.0. The molecule has 0 spiro atoms. The van der Waals surface area contributed by atoms with E-state index in [1.807, 2.05) is 19.1 Å². The van der Waals surface area contributed by atoms with Crippen molar-refractivity contribution >= 4 is 12.1 Å². The van der Waals surface area contributed by atoms with Crippen molar-refractivity contribution < 1.29 is 50.1 Å². The van der Waals surface area contributed by atoms with Crippen molar-refractivity contribution in [3.63, 3.8) is 0 Å². The van der Waals surface area contributed by atoms with Gasteiger partial charge in [-0.2, -0.15) is 26.3 Å². The smallest absolute Gasteiger partial charge is 0.416 e. The summed E-state index contributed by atoms with van der Waals surface area (Å²) in [6.07, 6.45) is -5.20. The summed E-state index contributed by atoms with van der Waals surface area (Å²) >= 11 is 0. The fraction of sp³-hybridized carbons (Fsp3) is 0.533. The Morgan fingerprint density at radius 2 is 1.67 bits per heavy atom. The van der Waals surface area contributed by atoms with E-state index in [4.69, 9.17) is 14.2 Å². The molecule has 4 rings (SSSR count). The zero-order valence-electron chi connectivity index (χ0n) is 23.7. The fourth-order valence-electron chi connectivity index (χ4n) is 5.87. The van der Waals surface area contributed by atoms with Gasteiger partial charge in [0.25, 0.3) is 0 Å². The number of rotatable bonds is 7. The third-order valence-corrected chi connectivity index (χ3v) is 8.04. The molecule has 4 atom stereocenters. The number of esters is 1. The van der Waals surface area contributed by atoms with Gasteiger partial charge in [-0.05, 0) is 92.5 Å². The van der Waals surface area contributed by atoms with Gasteiger partial charge in [-0.15, -0.1) is 0 Å². The molecular weight excluding hydrogens is 568 g/mol. The topological polar surface area (TPSA) is 65.1 Å². The predicted octanol–water partition coefficient (Wildman–Crippen LogP) is 7.90. The number of hydrogen-bond donors (Lipinski definition) is 0. The highest BCUT2D eigenvalue weighted by Crippen LogP contribution is 2.43. The lowest BCUT2D eigenvalue weighted by molar-refractivity contribution is -0.147. The van der Waals surface area contributed by atoms with Crippen LogP contribution in [0.15, 0.2) is 52.8 Å². The lowest BCUT2D eigenvalue weighted by Crippen LogP contribution is -2.35. The van der Waals surface area contributed by atoms with E-state index in [1.165, 1.54) is 11.8 Å². The van der Waals surface area contributed by atoms with E-state index in [1.54, 1.807) is 14.0 Å². The van der Waals surface area contributed by atoms with E-state index < -0.39 is 47.7 Å².